The average Bonchev–Trinajstić information content (AvgIpc) is 2.99. The van der Waals surface area contributed by atoms with Crippen LogP contribution in [0, 0.1) is 5.92 Å². The van der Waals surface area contributed by atoms with Crippen LogP contribution >= 0.6 is 23.5 Å². The molecule has 1 N–H and O–H groups in total. The summed E-state index contributed by atoms with van der Waals surface area (Å²) in [7, 11) is 0. The van der Waals surface area contributed by atoms with Gasteiger partial charge < -0.3 is 9.84 Å². The minimum absolute atomic E-state index is 0.428. The van der Waals surface area contributed by atoms with Crippen LogP contribution in [0.1, 0.15) is 49.6 Å². The van der Waals surface area contributed by atoms with Crippen molar-refractivity contribution in [3.8, 4) is 0 Å². The molecule has 1 aliphatic heterocycles. The van der Waals surface area contributed by atoms with E-state index < -0.39 is 0 Å². The number of thioether (sulfide) groups is 2. The van der Waals surface area contributed by atoms with Gasteiger partial charge in [-0.2, -0.15) is 16.7 Å². The monoisotopic (exact) mass is 327 g/mol. The standard InChI is InChI=1S/C15H25N3OS2/c1-2-16-12-6-4-3-5-11(12)9-14-17-15(18-19-14)13-10-20-7-8-21-13/h11-13,16H,2-10H2,1H3. The van der Waals surface area contributed by atoms with Crippen molar-refractivity contribution in [2.45, 2.75) is 50.3 Å². The van der Waals surface area contributed by atoms with Crippen LogP contribution in [0.2, 0.25) is 0 Å². The smallest absolute Gasteiger partial charge is 0.227 e. The second-order valence-corrected chi connectivity index (χ2v) is 8.35. The Kier molecular flexibility index (Phi) is 5.89. The Balaban J connectivity index is 1.60. The third-order valence-electron chi connectivity index (χ3n) is 4.40. The molecule has 6 heteroatoms. The highest BCUT2D eigenvalue weighted by Crippen LogP contribution is 2.35. The van der Waals surface area contributed by atoms with E-state index in [1.165, 1.54) is 37.2 Å². The number of hydrogen-bond acceptors (Lipinski definition) is 6. The van der Waals surface area contributed by atoms with Crippen LogP contribution in [-0.2, 0) is 6.42 Å². The van der Waals surface area contributed by atoms with E-state index in [0.29, 0.717) is 17.2 Å². The van der Waals surface area contributed by atoms with Crippen molar-refractivity contribution in [1.82, 2.24) is 15.5 Å². The van der Waals surface area contributed by atoms with E-state index in [4.69, 9.17) is 4.52 Å². The number of hydrogen-bond donors (Lipinski definition) is 1. The Hall–Kier alpha value is -0.200. The van der Waals surface area contributed by atoms with Crippen molar-refractivity contribution in [3.63, 3.8) is 0 Å². The van der Waals surface area contributed by atoms with E-state index in [9.17, 15) is 0 Å². The van der Waals surface area contributed by atoms with Crippen molar-refractivity contribution < 1.29 is 4.52 Å². The molecule has 0 spiro atoms. The molecule has 3 atom stereocenters. The van der Waals surface area contributed by atoms with Gasteiger partial charge in [-0.25, -0.2) is 0 Å². The lowest BCUT2D eigenvalue weighted by Crippen LogP contribution is -2.39. The van der Waals surface area contributed by atoms with Crippen molar-refractivity contribution in [2.24, 2.45) is 5.92 Å². The zero-order chi connectivity index (χ0) is 14.5. The molecule has 1 aromatic rings. The molecular formula is C15H25N3OS2. The molecule has 3 unspecified atom stereocenters. The summed E-state index contributed by atoms with van der Waals surface area (Å²) in [6.45, 7) is 3.24. The molecule has 2 heterocycles. The normalized spacial score (nSPS) is 30.4. The van der Waals surface area contributed by atoms with E-state index in [1.807, 2.05) is 23.5 Å². The van der Waals surface area contributed by atoms with Gasteiger partial charge in [0, 0.05) is 29.7 Å². The molecule has 0 aromatic carbocycles. The molecule has 1 aromatic heterocycles. The number of nitrogens with one attached hydrogen (secondary N) is 1. The van der Waals surface area contributed by atoms with Gasteiger partial charge in [0.1, 0.15) is 0 Å². The third kappa shape index (κ3) is 4.17. The minimum atomic E-state index is 0.428. The fraction of sp³-hybridized carbons (Fsp3) is 0.867. The molecule has 1 saturated carbocycles. The molecule has 1 saturated heterocycles. The molecular weight excluding hydrogens is 302 g/mol. The van der Waals surface area contributed by atoms with Crippen molar-refractivity contribution in [2.75, 3.05) is 23.8 Å². The second kappa shape index (κ2) is 7.88. The van der Waals surface area contributed by atoms with E-state index >= 15 is 0 Å². The molecule has 2 aliphatic rings. The van der Waals surface area contributed by atoms with E-state index in [-0.39, 0.29) is 0 Å². The van der Waals surface area contributed by atoms with Gasteiger partial charge in [-0.05, 0) is 25.3 Å². The van der Waals surface area contributed by atoms with E-state index in [0.717, 1.165) is 30.4 Å². The summed E-state index contributed by atoms with van der Waals surface area (Å²) in [6.07, 6.45) is 6.19. The number of nitrogens with zero attached hydrogens (tertiary/aromatic N) is 2. The molecule has 4 nitrogen and oxygen atoms in total. The largest absolute Gasteiger partial charge is 0.339 e. The third-order valence-corrected chi connectivity index (χ3v) is 7.15. The van der Waals surface area contributed by atoms with Crippen LogP contribution in [-0.4, -0.2) is 40.0 Å². The lowest BCUT2D eigenvalue weighted by molar-refractivity contribution is 0.242. The second-order valence-electron chi connectivity index (χ2n) is 5.89. The predicted molar refractivity (Wildman–Crippen MR) is 89.9 cm³/mol. The molecule has 21 heavy (non-hydrogen) atoms. The minimum Gasteiger partial charge on any atom is -0.339 e. The Morgan fingerprint density at radius 1 is 1.29 bits per heavy atom. The first kappa shape index (κ1) is 15.7. The van der Waals surface area contributed by atoms with E-state index in [2.05, 4.69) is 22.4 Å². The van der Waals surface area contributed by atoms with E-state index in [1.54, 1.807) is 0 Å². The molecule has 3 rings (SSSR count). The summed E-state index contributed by atoms with van der Waals surface area (Å²) < 4.78 is 5.54. The molecule has 118 valence electrons. The van der Waals surface area contributed by atoms with Crippen LogP contribution < -0.4 is 5.32 Å². The zero-order valence-corrected chi connectivity index (χ0v) is 14.3. The van der Waals surface area contributed by atoms with Gasteiger partial charge in [-0.15, -0.1) is 11.8 Å². The molecule has 2 fully saturated rings. The van der Waals surface area contributed by atoms with Gasteiger partial charge >= 0.3 is 0 Å². The quantitative estimate of drug-likeness (QED) is 0.895. The Labute approximate surface area is 135 Å². The summed E-state index contributed by atoms with van der Waals surface area (Å²) in [5.74, 6) is 5.98. The lowest BCUT2D eigenvalue weighted by atomic mass is 9.82. The summed E-state index contributed by atoms with van der Waals surface area (Å²) in [5, 5.41) is 8.29. The van der Waals surface area contributed by atoms with Gasteiger partial charge in [-0.1, -0.05) is 24.9 Å². The Morgan fingerprint density at radius 3 is 3.00 bits per heavy atom. The highest BCUT2D eigenvalue weighted by atomic mass is 32.2. The summed E-state index contributed by atoms with van der Waals surface area (Å²) in [6, 6.07) is 0.624. The van der Waals surface area contributed by atoms with Gasteiger partial charge in [0.2, 0.25) is 5.89 Å². The molecule has 0 radical (unpaired) electrons. The topological polar surface area (TPSA) is 51.0 Å². The molecule has 1 aliphatic carbocycles. The zero-order valence-electron chi connectivity index (χ0n) is 12.7. The fourth-order valence-electron chi connectivity index (χ4n) is 3.33. The maximum absolute atomic E-state index is 5.54. The van der Waals surface area contributed by atoms with Crippen LogP contribution in [0.25, 0.3) is 0 Å². The van der Waals surface area contributed by atoms with Gasteiger partial charge in [-0.3, -0.25) is 0 Å². The first-order chi connectivity index (χ1) is 10.4. The number of aromatic nitrogens is 2. The van der Waals surface area contributed by atoms with Crippen molar-refractivity contribution >= 4 is 23.5 Å². The van der Waals surface area contributed by atoms with Crippen molar-refractivity contribution in [3.05, 3.63) is 11.7 Å². The van der Waals surface area contributed by atoms with Crippen LogP contribution in [0.5, 0.6) is 0 Å². The maximum Gasteiger partial charge on any atom is 0.227 e. The summed E-state index contributed by atoms with van der Waals surface area (Å²) in [5.41, 5.74) is 0. The summed E-state index contributed by atoms with van der Waals surface area (Å²) in [4.78, 5) is 4.68. The Bertz CT molecular complexity index is 432. The first-order valence-electron chi connectivity index (χ1n) is 8.12. The SMILES string of the molecule is CCNC1CCCCC1Cc1nc(C2CSCCS2)no1. The highest BCUT2D eigenvalue weighted by molar-refractivity contribution is 8.06. The van der Waals surface area contributed by atoms with Gasteiger partial charge in [0.05, 0.1) is 5.25 Å². The first-order valence-corrected chi connectivity index (χ1v) is 10.3. The lowest BCUT2D eigenvalue weighted by Gasteiger charge is -2.31. The number of rotatable bonds is 5. The molecule has 0 amide bonds. The summed E-state index contributed by atoms with van der Waals surface area (Å²) >= 11 is 3.96. The highest BCUT2D eigenvalue weighted by Gasteiger charge is 2.27. The van der Waals surface area contributed by atoms with Crippen LogP contribution in [0.4, 0.5) is 0 Å². The van der Waals surface area contributed by atoms with Crippen LogP contribution in [0.15, 0.2) is 4.52 Å². The van der Waals surface area contributed by atoms with Crippen LogP contribution in [0.3, 0.4) is 0 Å². The maximum atomic E-state index is 5.54. The fourth-order valence-corrected chi connectivity index (χ4v) is 5.91. The molecule has 0 bridgehead atoms. The predicted octanol–water partition coefficient (Wildman–Crippen LogP) is 3.30. The van der Waals surface area contributed by atoms with Gasteiger partial charge in [0.25, 0.3) is 0 Å². The average molecular weight is 328 g/mol. The van der Waals surface area contributed by atoms with Crippen molar-refractivity contribution in [1.29, 1.82) is 0 Å². The Morgan fingerprint density at radius 2 is 2.19 bits per heavy atom. The van der Waals surface area contributed by atoms with Gasteiger partial charge in [0.15, 0.2) is 5.82 Å².